The van der Waals surface area contributed by atoms with Crippen LogP contribution in [0.25, 0.3) is 38.5 Å². The summed E-state index contributed by atoms with van der Waals surface area (Å²) in [6, 6.07) is 32.2. The molecular weight excluding hydrogens is 858 g/mol. The standard InChI is InChI=1S/C26H34OP.C22H18N3.Ir/c27-28(24-4-2-1-3-5-24,25-12-18-6-19(13-25)8-20(7-18)14-25)26-15-21-9-22(16-26)11-23(10-21)17-26;1-22(2,3)15-9-6-12-18-19(15)20-14(8-7-13-23-20)21-24-16-10-4-5-11-17(16)25(18)21;/h1-4,18-23H,6-17H2;4-7,9-13H,1-3H3;/q2*-1;. The fraction of sp³-hybridized carbons (Fsp3) is 0.500. The molecule has 3 aromatic carbocycles. The molecule has 1 radical (unpaired) electrons. The molecule has 0 N–H and O–H groups in total. The normalized spacial score (nSPS) is 33.2. The van der Waals surface area contributed by atoms with Crippen LogP contribution in [0, 0.1) is 47.6 Å². The third-order valence-electron chi connectivity index (χ3n) is 15.2. The number of nitrogens with zero attached hydrogens (tertiary/aromatic N) is 3. The van der Waals surface area contributed by atoms with E-state index in [1.54, 1.807) is 0 Å². The molecule has 0 unspecified atom stereocenters. The molecule has 3 aromatic heterocycles. The van der Waals surface area contributed by atoms with Crippen LogP contribution in [-0.4, -0.2) is 24.7 Å². The number of pyridine rings is 2. The van der Waals surface area contributed by atoms with Crippen LogP contribution in [0.2, 0.25) is 0 Å². The molecule has 0 aliphatic heterocycles. The van der Waals surface area contributed by atoms with Crippen LogP contribution in [0.3, 0.4) is 0 Å². The first-order valence-electron chi connectivity index (χ1n) is 20.7. The van der Waals surface area contributed by atoms with E-state index in [2.05, 4.69) is 98.0 Å². The number of benzene rings is 3. The first-order chi connectivity index (χ1) is 25.6. The second-order valence-electron chi connectivity index (χ2n) is 19.7. The summed E-state index contributed by atoms with van der Waals surface area (Å²) in [6.07, 6.45) is 18.1. The Labute approximate surface area is 334 Å². The third kappa shape index (κ3) is 5.12. The fourth-order valence-corrected chi connectivity index (χ4v) is 19.9. The average molecular weight is 910 g/mol. The van der Waals surface area contributed by atoms with Crippen LogP contribution in [0.5, 0.6) is 0 Å². The molecule has 54 heavy (non-hydrogen) atoms. The van der Waals surface area contributed by atoms with Crippen molar-refractivity contribution in [1.29, 1.82) is 0 Å². The quantitative estimate of drug-likeness (QED) is 0.101. The molecule has 6 aromatic rings. The van der Waals surface area contributed by atoms with Gasteiger partial charge in [0.1, 0.15) is 7.14 Å². The number of hydrogen-bond donors (Lipinski definition) is 0. The Balaban J connectivity index is 0.000000132. The monoisotopic (exact) mass is 910 g/mol. The first-order valence-corrected chi connectivity index (χ1v) is 22.4. The zero-order chi connectivity index (χ0) is 35.7. The molecule has 8 bridgehead atoms. The first kappa shape index (κ1) is 35.6. The second kappa shape index (κ2) is 12.6. The Kier molecular flexibility index (Phi) is 8.29. The van der Waals surface area contributed by atoms with Crippen LogP contribution in [0.15, 0.2) is 79.0 Å². The minimum absolute atomic E-state index is 0. The predicted octanol–water partition coefficient (Wildman–Crippen LogP) is 11.7. The summed E-state index contributed by atoms with van der Waals surface area (Å²) in [6.45, 7) is 6.74. The van der Waals surface area contributed by atoms with Gasteiger partial charge in [-0.25, -0.2) is 0 Å². The van der Waals surface area contributed by atoms with Crippen molar-refractivity contribution in [1.82, 2.24) is 14.4 Å². The van der Waals surface area contributed by atoms with E-state index in [1.807, 2.05) is 18.3 Å². The molecule has 0 atom stereocenters. The molecule has 8 saturated carbocycles. The van der Waals surface area contributed by atoms with Crippen LogP contribution in [0.4, 0.5) is 0 Å². The molecule has 4 nitrogen and oxygen atoms in total. The summed E-state index contributed by atoms with van der Waals surface area (Å²) < 4.78 is 18.1. The van der Waals surface area contributed by atoms with Crippen LogP contribution in [0.1, 0.15) is 103 Å². The van der Waals surface area contributed by atoms with Crippen LogP contribution < -0.4 is 5.30 Å². The maximum atomic E-state index is 15.9. The number of rotatable bonds is 3. The Bertz CT molecular complexity index is 2340. The summed E-state index contributed by atoms with van der Waals surface area (Å²) in [5, 5.41) is 3.59. The summed E-state index contributed by atoms with van der Waals surface area (Å²) in [4.78, 5) is 9.60. The van der Waals surface area contributed by atoms with Gasteiger partial charge in [-0.2, -0.15) is 30.3 Å². The van der Waals surface area contributed by atoms with E-state index in [0.29, 0.717) is 0 Å². The Morgan fingerprint density at radius 3 is 1.80 bits per heavy atom. The molecule has 14 rings (SSSR count). The van der Waals surface area contributed by atoms with Gasteiger partial charge in [0.05, 0.1) is 16.7 Å². The van der Waals surface area contributed by atoms with Gasteiger partial charge in [-0.3, -0.25) is 4.98 Å². The van der Waals surface area contributed by atoms with Gasteiger partial charge in [0.25, 0.3) is 0 Å². The van der Waals surface area contributed by atoms with Gasteiger partial charge in [0.2, 0.25) is 0 Å². The van der Waals surface area contributed by atoms with E-state index in [0.717, 1.165) is 68.6 Å². The van der Waals surface area contributed by atoms with E-state index < -0.39 is 7.14 Å². The van der Waals surface area contributed by atoms with Gasteiger partial charge >= 0.3 is 0 Å². The maximum Gasteiger partial charge on any atom is 0.104 e. The molecule has 0 amide bonds. The van der Waals surface area contributed by atoms with Crippen molar-refractivity contribution in [3.8, 4) is 0 Å². The van der Waals surface area contributed by atoms with Crippen molar-refractivity contribution in [2.45, 2.75) is 114 Å². The van der Waals surface area contributed by atoms with E-state index in [4.69, 9.17) is 9.97 Å². The largest absolute Gasteiger partial charge is 0.351 e. The SMILES string of the molecule is CC(C)(C)c1cccc2c1c1ncc[c-]c1c1nc3ccccc3n21.O=P(c1[c-]cccc1)(C12CC3CC(CC(C3)C1)C2)C12CC3CC(CC(C3)C1)C2.[Ir]. The minimum Gasteiger partial charge on any atom is -0.351 e. The number of imidazole rings is 1. The fourth-order valence-electron chi connectivity index (χ4n) is 14.3. The van der Waals surface area contributed by atoms with E-state index in [1.165, 1.54) is 93.3 Å². The summed E-state index contributed by atoms with van der Waals surface area (Å²) in [7, 11) is -2.53. The van der Waals surface area contributed by atoms with Crippen molar-refractivity contribution in [2.24, 2.45) is 35.5 Å². The van der Waals surface area contributed by atoms with Crippen molar-refractivity contribution < 1.29 is 24.7 Å². The van der Waals surface area contributed by atoms with Crippen molar-refractivity contribution >= 4 is 50.9 Å². The zero-order valence-corrected chi connectivity index (χ0v) is 35.3. The number of para-hydroxylation sites is 2. The number of aromatic nitrogens is 3. The van der Waals surface area contributed by atoms with Gasteiger partial charge < -0.3 is 13.9 Å². The van der Waals surface area contributed by atoms with Gasteiger partial charge in [0, 0.05) is 35.9 Å². The molecule has 3 heterocycles. The molecule has 8 aliphatic rings. The number of fused-ring (bicyclic) bond motifs is 8. The number of hydrogen-bond acceptors (Lipinski definition) is 3. The van der Waals surface area contributed by atoms with Crippen molar-refractivity contribution in [3.05, 3.63) is 96.7 Å². The van der Waals surface area contributed by atoms with E-state index >= 15 is 4.57 Å². The maximum absolute atomic E-state index is 15.9. The van der Waals surface area contributed by atoms with Gasteiger partial charge in [0.15, 0.2) is 0 Å². The minimum atomic E-state index is -2.53. The predicted molar refractivity (Wildman–Crippen MR) is 217 cm³/mol. The Morgan fingerprint density at radius 2 is 1.24 bits per heavy atom. The summed E-state index contributed by atoms with van der Waals surface area (Å²) in [5.74, 6) is 5.23. The second-order valence-corrected chi connectivity index (χ2v) is 23.3. The van der Waals surface area contributed by atoms with Gasteiger partial charge in [-0.1, -0.05) is 56.6 Å². The Morgan fingerprint density at radius 1 is 0.685 bits per heavy atom. The molecular formula is C48H52IrN3OP-2. The Hall–Kier alpha value is -2.84. The smallest absolute Gasteiger partial charge is 0.104 e. The van der Waals surface area contributed by atoms with Gasteiger partial charge in [-0.05, 0) is 153 Å². The third-order valence-corrected chi connectivity index (χ3v) is 20.0. The zero-order valence-electron chi connectivity index (χ0n) is 32.0. The van der Waals surface area contributed by atoms with Crippen molar-refractivity contribution in [3.63, 3.8) is 0 Å². The van der Waals surface area contributed by atoms with Crippen molar-refractivity contribution in [2.75, 3.05) is 0 Å². The summed E-state index contributed by atoms with van der Waals surface area (Å²) in [5.41, 5.74) is 6.47. The molecule has 8 aliphatic carbocycles. The average Bonchev–Trinajstić information content (AvgIpc) is 3.54. The topological polar surface area (TPSA) is 47.3 Å². The van der Waals surface area contributed by atoms with Crippen LogP contribution in [-0.2, 0) is 30.1 Å². The van der Waals surface area contributed by atoms with Gasteiger partial charge in [-0.15, -0.1) is 17.4 Å². The molecule has 6 heteroatoms. The molecule has 281 valence electrons. The molecule has 0 saturated heterocycles. The summed E-state index contributed by atoms with van der Waals surface area (Å²) >= 11 is 0. The van der Waals surface area contributed by atoms with Crippen LogP contribution >= 0.6 is 7.14 Å². The molecule has 0 spiro atoms. The van der Waals surface area contributed by atoms with E-state index in [9.17, 15) is 0 Å². The van der Waals surface area contributed by atoms with E-state index in [-0.39, 0.29) is 35.8 Å². The molecule has 8 fully saturated rings.